The van der Waals surface area contributed by atoms with Gasteiger partial charge in [0.05, 0.1) is 5.92 Å². The Hall–Kier alpha value is -1.88. The molecule has 1 aromatic rings. The van der Waals surface area contributed by atoms with E-state index in [1.807, 2.05) is 24.3 Å². The number of hydrogen-bond donors (Lipinski definition) is 1. The molecular formula is C14H13NO3S. The highest BCUT2D eigenvalue weighted by atomic mass is 32.1. The van der Waals surface area contributed by atoms with E-state index in [9.17, 15) is 14.4 Å². The maximum Gasteiger partial charge on any atom is 0.252 e. The molecule has 1 atom stereocenters. The van der Waals surface area contributed by atoms with Gasteiger partial charge in [-0.3, -0.25) is 14.4 Å². The van der Waals surface area contributed by atoms with Crippen molar-refractivity contribution in [2.75, 3.05) is 6.54 Å². The smallest absolute Gasteiger partial charge is 0.252 e. The van der Waals surface area contributed by atoms with E-state index in [2.05, 4.69) is 19.2 Å². The number of fused-ring (bicyclic) bond motifs is 1. The van der Waals surface area contributed by atoms with Crippen LogP contribution in [0.1, 0.15) is 17.0 Å². The molecule has 1 amide bonds. The summed E-state index contributed by atoms with van der Waals surface area (Å²) in [5.41, 5.74) is 1.67. The Morgan fingerprint density at radius 3 is 2.63 bits per heavy atom. The van der Waals surface area contributed by atoms with Crippen LogP contribution in [0.2, 0.25) is 0 Å². The van der Waals surface area contributed by atoms with E-state index < -0.39 is 16.8 Å². The molecule has 0 fully saturated rings. The molecule has 0 N–H and O–H groups in total. The first-order chi connectivity index (χ1) is 9.04. The summed E-state index contributed by atoms with van der Waals surface area (Å²) < 4.78 is 0. The summed E-state index contributed by atoms with van der Waals surface area (Å²) in [5.74, 6) is -1.48. The number of hydrogen-bond acceptors (Lipinski definition) is 3. The van der Waals surface area contributed by atoms with Crippen molar-refractivity contribution >= 4 is 29.4 Å². The fourth-order valence-electron chi connectivity index (χ4n) is 2.28. The van der Waals surface area contributed by atoms with Crippen molar-refractivity contribution in [3.8, 4) is 0 Å². The van der Waals surface area contributed by atoms with Gasteiger partial charge in [-0.05, 0) is 17.2 Å². The number of carbonyl (C=O) groups is 3. The number of benzene rings is 1. The standard InChI is InChI=1S/C14H13NO3S/c1-2-12(16)15-7-9-5-3-4-6-10(9)11(8-15)13(17)14(18)19/h2-6,11H,1,7-8H2,(H,18,19)/t11-/m1/s1. The topological polar surface area (TPSA) is 54.5 Å². The van der Waals surface area contributed by atoms with Crippen molar-refractivity contribution in [3.05, 3.63) is 48.0 Å². The molecule has 1 aliphatic heterocycles. The molecule has 0 unspecified atom stereocenters. The number of ketones is 1. The number of Topliss-reactive ketones (excluding diaryl/α,β-unsaturated/α-hetero) is 1. The molecule has 1 heterocycles. The first kappa shape index (κ1) is 13.5. The van der Waals surface area contributed by atoms with Gasteiger partial charge in [-0.15, -0.1) is 0 Å². The highest BCUT2D eigenvalue weighted by Gasteiger charge is 2.33. The van der Waals surface area contributed by atoms with Crippen LogP contribution in [-0.2, 0) is 20.9 Å². The SMILES string of the molecule is C=CC(=O)N1Cc2ccccc2[C@H](C(=O)C(=O)S)C1. The molecule has 1 aromatic carbocycles. The first-order valence-electron chi connectivity index (χ1n) is 5.81. The molecule has 2 rings (SSSR count). The van der Waals surface area contributed by atoms with E-state index in [4.69, 9.17) is 0 Å². The van der Waals surface area contributed by atoms with Crippen LogP contribution in [-0.4, -0.2) is 28.3 Å². The number of carbonyl (C=O) groups excluding carboxylic acids is 3. The Balaban J connectivity index is 2.42. The predicted molar refractivity (Wildman–Crippen MR) is 73.8 cm³/mol. The van der Waals surface area contributed by atoms with Gasteiger partial charge < -0.3 is 4.90 Å². The second kappa shape index (κ2) is 5.40. The summed E-state index contributed by atoms with van der Waals surface area (Å²) in [5, 5.41) is -0.785. The fourth-order valence-corrected chi connectivity index (χ4v) is 2.43. The molecule has 0 bridgehead atoms. The van der Waals surface area contributed by atoms with Crippen molar-refractivity contribution in [1.82, 2.24) is 4.90 Å². The van der Waals surface area contributed by atoms with E-state index in [1.54, 1.807) is 0 Å². The molecule has 0 aliphatic carbocycles. The van der Waals surface area contributed by atoms with Gasteiger partial charge in [-0.2, -0.15) is 0 Å². The van der Waals surface area contributed by atoms with Gasteiger partial charge in [0.25, 0.3) is 5.12 Å². The second-order valence-electron chi connectivity index (χ2n) is 4.34. The van der Waals surface area contributed by atoms with Gasteiger partial charge in [0, 0.05) is 13.1 Å². The predicted octanol–water partition coefficient (Wildman–Crippen LogP) is 1.32. The van der Waals surface area contributed by atoms with Crippen LogP contribution in [0.25, 0.3) is 0 Å². The summed E-state index contributed by atoms with van der Waals surface area (Å²) >= 11 is 3.59. The lowest BCUT2D eigenvalue weighted by Gasteiger charge is -2.32. The number of nitrogens with zero attached hydrogens (tertiary/aromatic N) is 1. The molecule has 4 nitrogen and oxygen atoms in total. The maximum absolute atomic E-state index is 11.9. The zero-order valence-electron chi connectivity index (χ0n) is 10.2. The number of amides is 1. The summed E-state index contributed by atoms with van der Waals surface area (Å²) in [6, 6.07) is 7.31. The van der Waals surface area contributed by atoms with Crippen LogP contribution in [0.15, 0.2) is 36.9 Å². The van der Waals surface area contributed by atoms with Crippen LogP contribution in [0, 0.1) is 0 Å². The third-order valence-corrected chi connectivity index (χ3v) is 3.43. The minimum absolute atomic E-state index is 0.188. The van der Waals surface area contributed by atoms with E-state index >= 15 is 0 Å². The Morgan fingerprint density at radius 2 is 2.00 bits per heavy atom. The van der Waals surface area contributed by atoms with Crippen molar-refractivity contribution in [2.45, 2.75) is 12.5 Å². The fraction of sp³-hybridized carbons (Fsp3) is 0.214. The largest absolute Gasteiger partial charge is 0.334 e. The average molecular weight is 275 g/mol. The average Bonchev–Trinajstić information content (AvgIpc) is 2.44. The van der Waals surface area contributed by atoms with Gasteiger partial charge in [0.2, 0.25) is 11.7 Å². The van der Waals surface area contributed by atoms with E-state index in [-0.39, 0.29) is 12.5 Å². The molecule has 0 radical (unpaired) electrons. The van der Waals surface area contributed by atoms with Crippen molar-refractivity contribution in [1.29, 1.82) is 0 Å². The van der Waals surface area contributed by atoms with Gasteiger partial charge in [-0.25, -0.2) is 0 Å². The molecule has 5 heteroatoms. The lowest BCUT2D eigenvalue weighted by molar-refractivity contribution is -0.134. The lowest BCUT2D eigenvalue weighted by atomic mass is 9.87. The van der Waals surface area contributed by atoms with E-state index in [0.29, 0.717) is 6.54 Å². The Kier molecular flexibility index (Phi) is 3.85. The van der Waals surface area contributed by atoms with Crippen molar-refractivity contribution in [2.24, 2.45) is 0 Å². The Bertz CT molecular complexity index is 568. The highest BCUT2D eigenvalue weighted by Crippen LogP contribution is 2.29. The zero-order chi connectivity index (χ0) is 14.0. The van der Waals surface area contributed by atoms with Gasteiger partial charge in [-0.1, -0.05) is 43.5 Å². The Labute approximate surface area is 116 Å². The molecular weight excluding hydrogens is 262 g/mol. The molecule has 0 saturated heterocycles. The lowest BCUT2D eigenvalue weighted by Crippen LogP contribution is -2.40. The zero-order valence-corrected chi connectivity index (χ0v) is 11.1. The third kappa shape index (κ3) is 2.61. The van der Waals surface area contributed by atoms with Gasteiger partial charge in [0.15, 0.2) is 0 Å². The highest BCUT2D eigenvalue weighted by molar-refractivity contribution is 7.98. The van der Waals surface area contributed by atoms with Gasteiger partial charge >= 0.3 is 0 Å². The van der Waals surface area contributed by atoms with E-state index in [0.717, 1.165) is 11.1 Å². The van der Waals surface area contributed by atoms with Gasteiger partial charge in [0.1, 0.15) is 0 Å². The summed E-state index contributed by atoms with van der Waals surface area (Å²) in [6.45, 7) is 4.05. The number of thiol groups is 1. The number of rotatable bonds is 3. The first-order valence-corrected chi connectivity index (χ1v) is 6.25. The quantitative estimate of drug-likeness (QED) is 0.514. The molecule has 1 aliphatic rings. The third-order valence-electron chi connectivity index (χ3n) is 3.21. The molecule has 0 saturated carbocycles. The van der Waals surface area contributed by atoms with Crippen LogP contribution in [0.5, 0.6) is 0 Å². The minimum Gasteiger partial charge on any atom is -0.334 e. The molecule has 98 valence electrons. The van der Waals surface area contributed by atoms with Crippen molar-refractivity contribution in [3.63, 3.8) is 0 Å². The van der Waals surface area contributed by atoms with Crippen LogP contribution in [0.4, 0.5) is 0 Å². The molecule has 0 aromatic heterocycles. The summed E-state index contributed by atoms with van der Waals surface area (Å²) in [7, 11) is 0. The molecule has 19 heavy (non-hydrogen) atoms. The van der Waals surface area contributed by atoms with Crippen LogP contribution >= 0.6 is 12.6 Å². The Morgan fingerprint density at radius 1 is 1.32 bits per heavy atom. The normalized spacial score (nSPS) is 17.5. The summed E-state index contributed by atoms with van der Waals surface area (Å²) in [4.78, 5) is 36.3. The van der Waals surface area contributed by atoms with E-state index in [1.165, 1.54) is 11.0 Å². The second-order valence-corrected chi connectivity index (χ2v) is 4.75. The van der Waals surface area contributed by atoms with Crippen LogP contribution < -0.4 is 0 Å². The minimum atomic E-state index is -0.785. The monoisotopic (exact) mass is 275 g/mol. The van der Waals surface area contributed by atoms with Crippen molar-refractivity contribution < 1.29 is 14.4 Å². The summed E-state index contributed by atoms with van der Waals surface area (Å²) in [6.07, 6.45) is 1.21. The van der Waals surface area contributed by atoms with Crippen LogP contribution in [0.3, 0.4) is 0 Å². The molecule has 0 spiro atoms. The maximum atomic E-state index is 11.9.